The number of hydrogen-bond donors (Lipinski definition) is 2. The van der Waals surface area contributed by atoms with Crippen LogP contribution in [0.25, 0.3) is 0 Å². The number of amides is 2. The topological polar surface area (TPSA) is 84.0 Å². The fraction of sp³-hybridized carbons (Fsp3) is 0.455. The van der Waals surface area contributed by atoms with Crippen molar-refractivity contribution in [2.45, 2.75) is 65.3 Å². The van der Waals surface area contributed by atoms with Crippen molar-refractivity contribution in [2.24, 2.45) is 0 Å². The second kappa shape index (κ2) is 9.44. The number of rotatable bonds is 7. The third kappa shape index (κ3) is 5.38. The van der Waals surface area contributed by atoms with Gasteiger partial charge in [-0.15, -0.1) is 0 Å². The quantitative estimate of drug-likeness (QED) is 0.772. The lowest BCUT2D eigenvalue weighted by Crippen LogP contribution is -2.26. The molecule has 2 aromatic rings. The van der Waals surface area contributed by atoms with Crippen LogP contribution in [0.3, 0.4) is 0 Å². The van der Waals surface area contributed by atoms with Gasteiger partial charge in [-0.05, 0) is 62.3 Å². The predicted octanol–water partition coefficient (Wildman–Crippen LogP) is 3.26. The number of nitrogens with one attached hydrogen (secondary N) is 2. The molecule has 1 aromatic heterocycles. The molecule has 6 nitrogen and oxygen atoms in total. The van der Waals surface area contributed by atoms with Gasteiger partial charge in [0.15, 0.2) is 0 Å². The van der Waals surface area contributed by atoms with Crippen LogP contribution in [0, 0.1) is 6.92 Å². The Morgan fingerprint density at radius 2 is 1.79 bits per heavy atom. The van der Waals surface area contributed by atoms with E-state index in [1.807, 2.05) is 38.1 Å². The Bertz CT molecular complexity index is 846. The molecule has 0 fully saturated rings. The van der Waals surface area contributed by atoms with Gasteiger partial charge in [-0.2, -0.15) is 0 Å². The van der Waals surface area contributed by atoms with Gasteiger partial charge in [-0.3, -0.25) is 9.59 Å². The average Bonchev–Trinajstić information content (AvgIpc) is 2.68. The number of carbonyl (C=O) groups is 2. The van der Waals surface area contributed by atoms with E-state index in [2.05, 4.69) is 20.6 Å². The van der Waals surface area contributed by atoms with Crippen molar-refractivity contribution in [3.63, 3.8) is 0 Å². The van der Waals surface area contributed by atoms with E-state index in [4.69, 9.17) is 0 Å². The number of carbonyl (C=O) groups excluding carboxylic acids is 2. The average molecular weight is 380 g/mol. The third-order valence-corrected chi connectivity index (χ3v) is 4.96. The fourth-order valence-electron chi connectivity index (χ4n) is 3.51. The standard InChI is InChI=1S/C22H28N4O2/c1-3-6-21(27)25-17-11-9-16(10-12-17)13-22(28)23-14-20-24-15(2)18-7-4-5-8-19(18)26-20/h9-12H,3-8,13-14H2,1-2H3,(H,23,28)(H,25,27). The summed E-state index contributed by atoms with van der Waals surface area (Å²) < 4.78 is 0. The third-order valence-electron chi connectivity index (χ3n) is 4.96. The number of aryl methyl sites for hydroxylation is 2. The molecule has 1 aromatic carbocycles. The molecule has 2 amide bonds. The number of nitrogens with zero attached hydrogens (tertiary/aromatic N) is 2. The molecule has 0 atom stereocenters. The molecule has 0 bridgehead atoms. The predicted molar refractivity (Wildman–Crippen MR) is 109 cm³/mol. The van der Waals surface area contributed by atoms with Gasteiger partial charge in [0.25, 0.3) is 0 Å². The smallest absolute Gasteiger partial charge is 0.224 e. The van der Waals surface area contributed by atoms with E-state index in [1.165, 1.54) is 18.4 Å². The van der Waals surface area contributed by atoms with Crippen molar-refractivity contribution in [1.82, 2.24) is 15.3 Å². The number of anilines is 1. The van der Waals surface area contributed by atoms with Gasteiger partial charge in [-0.1, -0.05) is 19.1 Å². The molecule has 1 aliphatic rings. The first-order valence-electron chi connectivity index (χ1n) is 10.1. The molecule has 2 N–H and O–H groups in total. The van der Waals surface area contributed by atoms with E-state index >= 15 is 0 Å². The van der Waals surface area contributed by atoms with Crippen LogP contribution in [-0.4, -0.2) is 21.8 Å². The second-order valence-electron chi connectivity index (χ2n) is 7.31. The van der Waals surface area contributed by atoms with Crippen LogP contribution in [0.1, 0.15) is 60.9 Å². The van der Waals surface area contributed by atoms with Crippen molar-refractivity contribution in [3.05, 3.63) is 52.6 Å². The summed E-state index contributed by atoms with van der Waals surface area (Å²) in [4.78, 5) is 33.1. The molecule has 0 unspecified atom stereocenters. The van der Waals surface area contributed by atoms with Gasteiger partial charge < -0.3 is 10.6 Å². The van der Waals surface area contributed by atoms with E-state index in [0.29, 0.717) is 18.8 Å². The summed E-state index contributed by atoms with van der Waals surface area (Å²) >= 11 is 0. The van der Waals surface area contributed by atoms with Crippen LogP contribution in [0.4, 0.5) is 5.69 Å². The van der Waals surface area contributed by atoms with Crippen molar-refractivity contribution in [2.75, 3.05) is 5.32 Å². The van der Waals surface area contributed by atoms with Gasteiger partial charge in [0, 0.05) is 23.5 Å². The lowest BCUT2D eigenvalue weighted by molar-refractivity contribution is -0.120. The lowest BCUT2D eigenvalue weighted by atomic mass is 9.95. The molecule has 0 radical (unpaired) electrons. The number of aromatic nitrogens is 2. The highest BCUT2D eigenvalue weighted by Crippen LogP contribution is 2.21. The molecular formula is C22H28N4O2. The summed E-state index contributed by atoms with van der Waals surface area (Å²) in [7, 11) is 0. The highest BCUT2D eigenvalue weighted by molar-refractivity contribution is 5.90. The van der Waals surface area contributed by atoms with Crippen molar-refractivity contribution in [1.29, 1.82) is 0 Å². The first-order chi connectivity index (χ1) is 13.5. The van der Waals surface area contributed by atoms with Gasteiger partial charge >= 0.3 is 0 Å². The second-order valence-corrected chi connectivity index (χ2v) is 7.31. The minimum absolute atomic E-state index is 0.00772. The SMILES string of the molecule is CCCC(=O)Nc1ccc(CC(=O)NCc2nc(C)c3c(n2)CCCC3)cc1. The summed E-state index contributed by atoms with van der Waals surface area (Å²) in [6, 6.07) is 7.37. The molecular weight excluding hydrogens is 352 g/mol. The van der Waals surface area contributed by atoms with Gasteiger partial charge in [0.05, 0.1) is 13.0 Å². The van der Waals surface area contributed by atoms with Gasteiger partial charge in [-0.25, -0.2) is 9.97 Å². The molecule has 1 aliphatic carbocycles. The molecule has 1 heterocycles. The summed E-state index contributed by atoms with van der Waals surface area (Å²) in [5.74, 6) is 0.621. The summed E-state index contributed by atoms with van der Waals surface area (Å²) in [5, 5.41) is 5.76. The lowest BCUT2D eigenvalue weighted by Gasteiger charge is -2.17. The maximum absolute atomic E-state index is 12.3. The first-order valence-corrected chi connectivity index (χ1v) is 10.1. The van der Waals surface area contributed by atoms with Crippen molar-refractivity contribution >= 4 is 17.5 Å². The van der Waals surface area contributed by atoms with Crippen LogP contribution >= 0.6 is 0 Å². The van der Waals surface area contributed by atoms with Crippen LogP contribution in [-0.2, 0) is 35.4 Å². The maximum Gasteiger partial charge on any atom is 0.224 e. The van der Waals surface area contributed by atoms with Crippen molar-refractivity contribution < 1.29 is 9.59 Å². The summed E-state index contributed by atoms with van der Waals surface area (Å²) in [6.45, 7) is 4.34. The monoisotopic (exact) mass is 380 g/mol. The highest BCUT2D eigenvalue weighted by Gasteiger charge is 2.15. The van der Waals surface area contributed by atoms with Crippen LogP contribution in [0.5, 0.6) is 0 Å². The number of hydrogen-bond acceptors (Lipinski definition) is 4. The van der Waals surface area contributed by atoms with Crippen LogP contribution < -0.4 is 10.6 Å². The molecule has 28 heavy (non-hydrogen) atoms. The van der Waals surface area contributed by atoms with E-state index in [1.54, 1.807) is 0 Å². The molecule has 148 valence electrons. The molecule has 0 aliphatic heterocycles. The normalized spacial score (nSPS) is 12.9. The van der Waals surface area contributed by atoms with Crippen LogP contribution in [0.15, 0.2) is 24.3 Å². The zero-order valence-electron chi connectivity index (χ0n) is 16.7. The Labute approximate surface area is 166 Å². The number of fused-ring (bicyclic) bond motifs is 1. The first kappa shape index (κ1) is 20.0. The summed E-state index contributed by atoms with van der Waals surface area (Å²) in [5.41, 5.74) is 5.11. The molecule has 0 saturated carbocycles. The van der Waals surface area contributed by atoms with E-state index in [0.717, 1.165) is 41.9 Å². The van der Waals surface area contributed by atoms with Gasteiger partial charge in [0.1, 0.15) is 5.82 Å². The van der Waals surface area contributed by atoms with E-state index in [9.17, 15) is 9.59 Å². The van der Waals surface area contributed by atoms with Crippen molar-refractivity contribution in [3.8, 4) is 0 Å². The minimum Gasteiger partial charge on any atom is -0.349 e. The molecule has 3 rings (SSSR count). The molecule has 0 saturated heterocycles. The molecule has 6 heteroatoms. The Hall–Kier alpha value is -2.76. The number of benzene rings is 1. The Morgan fingerprint density at radius 3 is 2.54 bits per heavy atom. The zero-order valence-corrected chi connectivity index (χ0v) is 16.7. The van der Waals surface area contributed by atoms with E-state index < -0.39 is 0 Å². The highest BCUT2D eigenvalue weighted by atomic mass is 16.2. The zero-order chi connectivity index (χ0) is 19.9. The largest absolute Gasteiger partial charge is 0.349 e. The Kier molecular flexibility index (Phi) is 6.74. The van der Waals surface area contributed by atoms with Crippen LogP contribution in [0.2, 0.25) is 0 Å². The fourth-order valence-corrected chi connectivity index (χ4v) is 3.51. The molecule has 0 spiro atoms. The Balaban J connectivity index is 1.52. The van der Waals surface area contributed by atoms with E-state index in [-0.39, 0.29) is 18.2 Å². The maximum atomic E-state index is 12.3. The summed E-state index contributed by atoms with van der Waals surface area (Å²) in [6.07, 6.45) is 6.04. The Morgan fingerprint density at radius 1 is 1.04 bits per heavy atom. The van der Waals surface area contributed by atoms with Gasteiger partial charge in [0.2, 0.25) is 11.8 Å². The minimum atomic E-state index is -0.0678.